The van der Waals surface area contributed by atoms with Crippen molar-refractivity contribution < 1.29 is 10.2 Å². The number of rotatable bonds is 11. The van der Waals surface area contributed by atoms with Gasteiger partial charge in [-0.05, 0) is 233 Å². The van der Waals surface area contributed by atoms with Crippen molar-refractivity contribution in [3.63, 3.8) is 0 Å². The van der Waals surface area contributed by atoms with Crippen LogP contribution in [0.25, 0.3) is 0 Å². The Morgan fingerprint density at radius 1 is 0.617 bits per heavy atom. The first-order chi connectivity index (χ1) is 28.4. The van der Waals surface area contributed by atoms with Crippen molar-refractivity contribution in [1.82, 2.24) is 0 Å². The Bertz CT molecular complexity index is 1500. The number of hydrogen-bond donors (Lipinski definition) is 2. The molecular formula is C58H98O2. The predicted molar refractivity (Wildman–Crippen MR) is 255 cm³/mol. The number of fused-ring (bicyclic) bond motifs is 10. The van der Waals surface area contributed by atoms with Crippen LogP contribution in [0.4, 0.5) is 0 Å². The van der Waals surface area contributed by atoms with E-state index in [0.717, 1.165) is 103 Å². The molecule has 8 aliphatic carbocycles. The highest BCUT2D eigenvalue weighted by Crippen LogP contribution is 2.70. The van der Waals surface area contributed by atoms with Crippen molar-refractivity contribution in [2.75, 3.05) is 0 Å². The average molecular weight is 827 g/mol. The van der Waals surface area contributed by atoms with Crippen molar-refractivity contribution in [1.29, 1.82) is 0 Å². The van der Waals surface area contributed by atoms with Gasteiger partial charge < -0.3 is 10.2 Å². The van der Waals surface area contributed by atoms with E-state index in [2.05, 4.69) is 88.2 Å². The zero-order valence-electron chi connectivity index (χ0n) is 41.4. The van der Waals surface area contributed by atoms with Crippen LogP contribution in [-0.2, 0) is 0 Å². The van der Waals surface area contributed by atoms with Crippen LogP contribution < -0.4 is 0 Å². The molecule has 0 aromatic rings. The predicted octanol–water partition coefficient (Wildman–Crippen LogP) is 15.4. The molecule has 19 atom stereocenters. The molecule has 0 heterocycles. The van der Waals surface area contributed by atoms with Crippen LogP contribution in [-0.4, -0.2) is 22.4 Å². The first-order valence-corrected chi connectivity index (χ1v) is 26.9. The quantitative estimate of drug-likeness (QED) is 0.161. The van der Waals surface area contributed by atoms with Gasteiger partial charge in [0.1, 0.15) is 0 Å². The lowest BCUT2D eigenvalue weighted by atomic mass is 9.44. The lowest BCUT2D eigenvalue weighted by Crippen LogP contribution is -2.54. The van der Waals surface area contributed by atoms with Gasteiger partial charge in [-0.2, -0.15) is 0 Å². The Balaban J connectivity index is 0.000000181. The molecule has 0 bridgehead atoms. The summed E-state index contributed by atoms with van der Waals surface area (Å²) in [7, 11) is 0. The Morgan fingerprint density at radius 2 is 1.18 bits per heavy atom. The maximum Gasteiger partial charge on any atom is 0.0577 e. The summed E-state index contributed by atoms with van der Waals surface area (Å²) >= 11 is 0. The molecule has 8 aliphatic rings. The van der Waals surface area contributed by atoms with Gasteiger partial charge in [0, 0.05) is 5.92 Å². The lowest BCUT2D eigenvalue weighted by Gasteiger charge is -2.61. The summed E-state index contributed by atoms with van der Waals surface area (Å²) in [6.45, 7) is 27.5. The van der Waals surface area contributed by atoms with Crippen molar-refractivity contribution in [3.8, 4) is 12.3 Å². The van der Waals surface area contributed by atoms with Crippen LogP contribution in [0.3, 0.4) is 0 Å². The zero-order chi connectivity index (χ0) is 43.4. The first kappa shape index (κ1) is 47.2. The summed E-state index contributed by atoms with van der Waals surface area (Å²) in [5.74, 6) is 15.7. The fraction of sp³-hybridized carbons (Fsp3) is 0.931. The van der Waals surface area contributed by atoms with E-state index in [4.69, 9.17) is 6.42 Å². The van der Waals surface area contributed by atoms with Gasteiger partial charge in [-0.3, -0.25) is 0 Å². The maximum atomic E-state index is 10.3. The molecule has 2 nitrogen and oxygen atoms in total. The third-order valence-corrected chi connectivity index (χ3v) is 22.6. The number of aliphatic hydroxyl groups excluding tert-OH is 2. The van der Waals surface area contributed by atoms with Crippen LogP contribution in [0, 0.1) is 123 Å². The van der Waals surface area contributed by atoms with E-state index in [9.17, 15) is 10.2 Å². The Hall–Kier alpha value is -0.780. The fourth-order valence-corrected chi connectivity index (χ4v) is 18.8. The van der Waals surface area contributed by atoms with Crippen molar-refractivity contribution in [3.05, 3.63) is 11.6 Å². The molecule has 7 fully saturated rings. The number of hydrogen-bond acceptors (Lipinski definition) is 2. The molecule has 7 saturated carbocycles. The highest BCUT2D eigenvalue weighted by atomic mass is 16.3. The number of aliphatic hydroxyl groups is 2. The van der Waals surface area contributed by atoms with E-state index in [-0.39, 0.29) is 12.2 Å². The normalized spacial score (nSPS) is 46.5. The van der Waals surface area contributed by atoms with E-state index in [1.54, 1.807) is 5.57 Å². The highest BCUT2D eigenvalue weighted by molar-refractivity contribution is 5.25. The second-order valence-corrected chi connectivity index (χ2v) is 25.7. The third-order valence-electron chi connectivity index (χ3n) is 22.6. The van der Waals surface area contributed by atoms with E-state index < -0.39 is 0 Å². The zero-order valence-corrected chi connectivity index (χ0v) is 41.4. The minimum absolute atomic E-state index is 0.0251. The molecular weight excluding hydrogens is 729 g/mol. The van der Waals surface area contributed by atoms with E-state index in [0.29, 0.717) is 33.5 Å². The first-order valence-electron chi connectivity index (χ1n) is 26.9. The second kappa shape index (κ2) is 18.6. The summed E-state index contributed by atoms with van der Waals surface area (Å²) in [6.07, 6.45) is 37.4. The molecule has 0 aromatic carbocycles. The Morgan fingerprint density at radius 3 is 1.78 bits per heavy atom. The minimum Gasteiger partial charge on any atom is -0.393 e. The molecule has 0 aliphatic heterocycles. The van der Waals surface area contributed by atoms with Crippen LogP contribution >= 0.6 is 0 Å². The molecule has 342 valence electrons. The molecule has 0 spiro atoms. The fourth-order valence-electron chi connectivity index (χ4n) is 18.8. The van der Waals surface area contributed by atoms with Crippen molar-refractivity contribution in [2.24, 2.45) is 110 Å². The van der Waals surface area contributed by atoms with Gasteiger partial charge in [0.05, 0.1) is 12.2 Å². The Labute approximate surface area is 372 Å². The summed E-state index contributed by atoms with van der Waals surface area (Å²) in [5, 5.41) is 20.5. The van der Waals surface area contributed by atoms with E-state index >= 15 is 0 Å². The SMILES string of the molecule is C#CC(CCC(C)C1CCC2C3CCC4CC(O)CCC4(C)C3CCC12C)C(C)C.CCC(CCC(C)C1CCC2C3CC=C4CC(O)CCC4(C)C3CCC12C)C(C)C. The lowest BCUT2D eigenvalue weighted by molar-refractivity contribution is -0.129. The van der Waals surface area contributed by atoms with Crippen LogP contribution in [0.5, 0.6) is 0 Å². The average Bonchev–Trinajstić information content (AvgIpc) is 3.75. The molecule has 0 saturated heterocycles. The third kappa shape index (κ3) is 8.58. The minimum atomic E-state index is -0.0794. The monoisotopic (exact) mass is 827 g/mol. The van der Waals surface area contributed by atoms with Crippen molar-refractivity contribution in [2.45, 2.75) is 230 Å². The largest absolute Gasteiger partial charge is 0.393 e. The number of terminal acetylenes is 1. The van der Waals surface area contributed by atoms with Gasteiger partial charge in [-0.1, -0.05) is 101 Å². The molecule has 2 heteroatoms. The molecule has 0 radical (unpaired) electrons. The van der Waals surface area contributed by atoms with E-state index in [1.165, 1.54) is 116 Å². The van der Waals surface area contributed by atoms with Gasteiger partial charge in [0.2, 0.25) is 0 Å². The van der Waals surface area contributed by atoms with Crippen molar-refractivity contribution >= 4 is 0 Å². The highest BCUT2D eigenvalue weighted by Gasteiger charge is 2.61. The molecule has 60 heavy (non-hydrogen) atoms. The van der Waals surface area contributed by atoms with Gasteiger partial charge in [0.25, 0.3) is 0 Å². The summed E-state index contributed by atoms with van der Waals surface area (Å²) < 4.78 is 0. The standard InChI is InChI=1S/C29H50O.C29H48O/c2*1-7-21(19(2)3)9-8-20(4)25-12-13-26-24-11-10-22-18-23(30)14-16-28(22,5)27(24)15-17-29(25,26)6/h10,19-21,23-27,30H,7-9,11-18H2,1-6H3;1,19-27,30H,8-18H2,2-6H3. The Kier molecular flexibility index (Phi) is 14.6. The smallest absolute Gasteiger partial charge is 0.0577 e. The summed E-state index contributed by atoms with van der Waals surface area (Å²) in [5.41, 5.74) is 3.65. The van der Waals surface area contributed by atoms with E-state index in [1.807, 2.05) is 0 Å². The van der Waals surface area contributed by atoms with Crippen LogP contribution in [0.15, 0.2) is 11.6 Å². The molecule has 0 amide bonds. The topological polar surface area (TPSA) is 40.5 Å². The second-order valence-electron chi connectivity index (χ2n) is 25.7. The summed E-state index contributed by atoms with van der Waals surface area (Å²) in [6, 6.07) is 0. The van der Waals surface area contributed by atoms with Gasteiger partial charge in [0.15, 0.2) is 0 Å². The van der Waals surface area contributed by atoms with Gasteiger partial charge >= 0.3 is 0 Å². The molecule has 8 rings (SSSR count). The summed E-state index contributed by atoms with van der Waals surface area (Å²) in [4.78, 5) is 0. The van der Waals surface area contributed by atoms with Gasteiger partial charge in [-0.25, -0.2) is 0 Å². The van der Waals surface area contributed by atoms with Gasteiger partial charge in [-0.15, -0.1) is 12.3 Å². The van der Waals surface area contributed by atoms with Crippen LogP contribution in [0.2, 0.25) is 0 Å². The number of allylic oxidation sites excluding steroid dienone is 1. The molecule has 2 N–H and O–H groups in total. The maximum absolute atomic E-state index is 10.3. The molecule has 0 aromatic heterocycles. The van der Waals surface area contributed by atoms with Crippen LogP contribution in [0.1, 0.15) is 217 Å². The molecule has 19 unspecified atom stereocenters.